The van der Waals surface area contributed by atoms with Crippen molar-refractivity contribution in [3.05, 3.63) is 0 Å². The van der Waals surface area contributed by atoms with Gasteiger partial charge in [-0.25, -0.2) is 4.79 Å². The summed E-state index contributed by atoms with van der Waals surface area (Å²) in [6, 6.07) is -1.21. The highest BCUT2D eigenvalue weighted by Crippen LogP contribution is 2.25. The number of carbonyl (C=O) groups excluding carboxylic acids is 1. The molecule has 0 saturated heterocycles. The van der Waals surface area contributed by atoms with Crippen LogP contribution in [0.15, 0.2) is 0 Å². The third-order valence-electron chi connectivity index (χ3n) is 3.30. The molecule has 0 aliphatic heterocycles. The normalized spacial score (nSPS) is 27.4. The van der Waals surface area contributed by atoms with Gasteiger partial charge in [-0.15, -0.1) is 0 Å². The average Bonchev–Trinajstić information content (AvgIpc) is 2.34. The number of hydrogen-bond donors (Lipinski definition) is 2. The number of hydrogen-bond acceptors (Lipinski definition) is 4. The van der Waals surface area contributed by atoms with Gasteiger partial charge in [-0.05, 0) is 59.3 Å². The predicted octanol–water partition coefficient (Wildman–Crippen LogP) is 2.47. The average molecular weight is 288 g/mol. The van der Waals surface area contributed by atoms with Gasteiger partial charge in [0.2, 0.25) is 0 Å². The Morgan fingerprint density at radius 1 is 1.40 bits per heavy atom. The van der Waals surface area contributed by atoms with Gasteiger partial charge in [-0.3, -0.25) is 0 Å². The molecule has 5 heteroatoms. The van der Waals surface area contributed by atoms with Crippen LogP contribution in [0.3, 0.4) is 0 Å². The van der Waals surface area contributed by atoms with Crippen LogP contribution in [0, 0.1) is 5.92 Å². The third kappa shape index (κ3) is 7.10. The summed E-state index contributed by atoms with van der Waals surface area (Å²) in [6.07, 6.45) is 3.21. The fourth-order valence-electron chi connectivity index (χ4n) is 2.24. The molecule has 0 unspecified atom stereocenters. The smallest absolute Gasteiger partial charge is 0.407 e. The molecule has 1 aliphatic carbocycles. The lowest BCUT2D eigenvalue weighted by Gasteiger charge is -2.28. The van der Waals surface area contributed by atoms with E-state index in [2.05, 4.69) is 5.32 Å². The highest BCUT2D eigenvalue weighted by molar-refractivity contribution is 5.68. The van der Waals surface area contributed by atoms with Crippen molar-refractivity contribution in [2.75, 3.05) is 13.2 Å². The van der Waals surface area contributed by atoms with E-state index in [1.807, 2.05) is 0 Å². The number of carbonyl (C=O) groups is 1. The van der Waals surface area contributed by atoms with E-state index in [0.717, 1.165) is 25.7 Å². The minimum absolute atomic E-state index is 0.109. The maximum absolute atomic E-state index is 11.7. The van der Waals surface area contributed by atoms with Crippen LogP contribution < -0.4 is 5.32 Å². The lowest BCUT2D eigenvalue weighted by molar-refractivity contribution is -0.000413. The first kappa shape index (κ1) is 15.6. The summed E-state index contributed by atoms with van der Waals surface area (Å²) in [5.41, 5.74) is -0.580. The van der Waals surface area contributed by atoms with Gasteiger partial charge in [-0.1, -0.05) is 0 Å². The number of rotatable bonds is 5. The predicted molar refractivity (Wildman–Crippen MR) is 77.6 cm³/mol. The Bertz CT molecular complexity index is 333. The lowest BCUT2D eigenvalue weighted by atomic mass is 9.88. The van der Waals surface area contributed by atoms with Crippen molar-refractivity contribution in [3.63, 3.8) is 0 Å². The number of amides is 1. The van der Waals surface area contributed by atoms with Gasteiger partial charge in [0, 0.05) is 6.61 Å². The van der Waals surface area contributed by atoms with Crippen molar-refractivity contribution in [3.8, 4) is 0 Å². The molecule has 1 atom stereocenters. The van der Waals surface area contributed by atoms with E-state index in [-0.39, 0.29) is 19.3 Å². The van der Waals surface area contributed by atoms with E-state index in [1.54, 1.807) is 27.7 Å². The van der Waals surface area contributed by atoms with Crippen LogP contribution in [0.2, 0.25) is 0 Å². The van der Waals surface area contributed by atoms with E-state index < -0.39 is 17.7 Å². The Morgan fingerprint density at radius 3 is 2.50 bits per heavy atom. The molecule has 1 saturated carbocycles. The molecule has 1 aliphatic rings. The third-order valence-corrected chi connectivity index (χ3v) is 3.30. The van der Waals surface area contributed by atoms with Crippen molar-refractivity contribution in [2.45, 2.75) is 71.1 Å². The van der Waals surface area contributed by atoms with E-state index in [4.69, 9.17) is 16.0 Å². The highest BCUT2D eigenvalue weighted by Gasteiger charge is 2.22. The summed E-state index contributed by atoms with van der Waals surface area (Å²) >= 11 is 0. The van der Waals surface area contributed by atoms with Crippen LogP contribution in [0.5, 0.6) is 0 Å². The molecule has 20 heavy (non-hydrogen) atoms. The summed E-state index contributed by atoms with van der Waals surface area (Å²) in [5, 5.41) is 11.6. The van der Waals surface area contributed by atoms with Gasteiger partial charge < -0.3 is 19.9 Å². The number of alkyl carbamates (subject to hydrolysis) is 1. The Labute approximate surface area is 123 Å². The Balaban J connectivity index is 2.31. The van der Waals surface area contributed by atoms with Gasteiger partial charge in [0.05, 0.1) is 20.1 Å². The second kappa shape index (κ2) is 7.84. The molecule has 5 nitrogen and oxygen atoms in total. The van der Waals surface area contributed by atoms with Gasteiger partial charge in [0.25, 0.3) is 0 Å². The van der Waals surface area contributed by atoms with Crippen LogP contribution in [0.25, 0.3) is 0 Å². The fourth-order valence-corrected chi connectivity index (χ4v) is 2.24. The Morgan fingerprint density at radius 2 is 2.00 bits per heavy atom. The van der Waals surface area contributed by atoms with Crippen LogP contribution in [-0.4, -0.2) is 42.1 Å². The largest absolute Gasteiger partial charge is 0.444 e. The zero-order valence-electron chi connectivity index (χ0n) is 14.1. The number of aliphatic hydroxyl groups is 1. The van der Waals surface area contributed by atoms with Gasteiger partial charge >= 0.3 is 6.09 Å². The SMILES string of the molecule is [2H][C@@](C)(COC1CCC(CO)CC1)NC(=O)OC(C)(C)C. The molecular weight excluding hydrogens is 258 g/mol. The van der Waals surface area contributed by atoms with Crippen molar-refractivity contribution in [1.29, 1.82) is 0 Å². The van der Waals surface area contributed by atoms with E-state index in [9.17, 15) is 4.79 Å². The molecule has 0 aromatic rings. The zero-order valence-corrected chi connectivity index (χ0v) is 13.1. The molecule has 1 fully saturated rings. The van der Waals surface area contributed by atoms with Crippen LogP contribution in [0.4, 0.5) is 4.79 Å². The molecule has 1 amide bonds. The number of aliphatic hydroxyl groups excluding tert-OH is 1. The first-order valence-electron chi connectivity index (χ1n) is 7.85. The first-order valence-corrected chi connectivity index (χ1v) is 7.35. The summed E-state index contributed by atoms with van der Waals surface area (Å²) in [6.45, 7) is 7.30. The second-order valence-corrected chi connectivity index (χ2v) is 6.54. The maximum atomic E-state index is 11.7. The second-order valence-electron chi connectivity index (χ2n) is 6.54. The topological polar surface area (TPSA) is 67.8 Å². The highest BCUT2D eigenvalue weighted by atomic mass is 16.6. The van der Waals surface area contributed by atoms with Crippen LogP contribution in [0.1, 0.15) is 54.7 Å². The summed E-state index contributed by atoms with van der Waals surface area (Å²) in [4.78, 5) is 11.7. The summed E-state index contributed by atoms with van der Waals surface area (Å²) in [5.74, 6) is 0.382. The lowest BCUT2D eigenvalue weighted by Crippen LogP contribution is -2.40. The van der Waals surface area contributed by atoms with Gasteiger partial charge in [0.15, 0.2) is 0 Å². The molecule has 1 rings (SSSR count). The minimum atomic E-state index is -1.21. The fraction of sp³-hybridized carbons (Fsp3) is 0.933. The Kier molecular flexibility index (Phi) is 6.10. The molecule has 118 valence electrons. The standard InChI is InChI=1S/C15H29NO4/c1-11(16-14(18)20-15(2,3)4)10-19-13-7-5-12(9-17)6-8-13/h11-13,17H,5-10H2,1-4H3,(H,16,18)/t11-,12?,13?/m1/s1/i11D. The van der Waals surface area contributed by atoms with E-state index in [1.165, 1.54) is 0 Å². The van der Waals surface area contributed by atoms with Gasteiger partial charge in [0.1, 0.15) is 5.60 Å². The molecule has 0 aromatic heterocycles. The van der Waals surface area contributed by atoms with Crippen molar-refractivity contribution in [2.24, 2.45) is 5.92 Å². The monoisotopic (exact) mass is 288 g/mol. The van der Waals surface area contributed by atoms with Crippen molar-refractivity contribution in [1.82, 2.24) is 5.32 Å². The van der Waals surface area contributed by atoms with Gasteiger partial charge in [-0.2, -0.15) is 0 Å². The summed E-state index contributed by atoms with van der Waals surface area (Å²) in [7, 11) is 0. The molecule has 0 aromatic carbocycles. The van der Waals surface area contributed by atoms with E-state index >= 15 is 0 Å². The molecule has 0 radical (unpaired) electrons. The zero-order chi connectivity index (χ0) is 16.1. The van der Waals surface area contributed by atoms with Crippen molar-refractivity contribution >= 4 is 6.09 Å². The minimum Gasteiger partial charge on any atom is -0.444 e. The molecule has 2 N–H and O–H groups in total. The van der Waals surface area contributed by atoms with Crippen LogP contribution >= 0.6 is 0 Å². The number of ether oxygens (including phenoxy) is 2. The van der Waals surface area contributed by atoms with Crippen molar-refractivity contribution < 1.29 is 20.7 Å². The summed E-state index contributed by atoms with van der Waals surface area (Å²) < 4.78 is 19.0. The maximum Gasteiger partial charge on any atom is 0.407 e. The number of nitrogens with one attached hydrogen (secondary N) is 1. The molecule has 0 bridgehead atoms. The molecule has 0 spiro atoms. The quantitative estimate of drug-likeness (QED) is 0.815. The van der Waals surface area contributed by atoms with Crippen LogP contribution in [-0.2, 0) is 9.47 Å². The molecule has 0 heterocycles. The first-order chi connectivity index (χ1) is 9.61. The van der Waals surface area contributed by atoms with E-state index in [0.29, 0.717) is 5.92 Å². The molecular formula is C15H29NO4. The Hall–Kier alpha value is -0.810.